The number of ether oxygens (including phenoxy) is 2. The molecule has 0 amide bonds. The van der Waals surface area contributed by atoms with Crippen molar-refractivity contribution in [2.24, 2.45) is 0 Å². The van der Waals surface area contributed by atoms with Crippen LogP contribution in [0.1, 0.15) is 45.2 Å². The molecule has 0 saturated heterocycles. The van der Waals surface area contributed by atoms with Crippen molar-refractivity contribution in [2.75, 3.05) is 19.0 Å². The molecule has 0 radical (unpaired) electrons. The maximum absolute atomic E-state index is 13.0. The van der Waals surface area contributed by atoms with E-state index >= 15 is 0 Å². The molecule has 0 aliphatic heterocycles. The fourth-order valence-electron chi connectivity index (χ4n) is 2.12. The lowest BCUT2D eigenvalue weighted by molar-refractivity contribution is -0.142. The molecule has 0 unspecified atom stereocenters. The standard InChI is InChI=1S/C17H23F3N2O5S/c1-12(23)26-8-4-3-7-22-15(25)11-14(17(18,19)20)21-16(22)28-10-6-5-9-27-13(2)24/h11H,3-10H2,1-2H3. The van der Waals surface area contributed by atoms with Crippen LogP contribution in [0, 0.1) is 0 Å². The number of halogens is 3. The third kappa shape index (κ3) is 9.25. The highest BCUT2D eigenvalue weighted by molar-refractivity contribution is 7.99. The maximum Gasteiger partial charge on any atom is 0.433 e. The molecule has 7 nitrogen and oxygen atoms in total. The van der Waals surface area contributed by atoms with Gasteiger partial charge in [0.15, 0.2) is 10.9 Å². The number of alkyl halides is 3. The van der Waals surface area contributed by atoms with Gasteiger partial charge in [-0.05, 0) is 25.7 Å². The van der Waals surface area contributed by atoms with Crippen molar-refractivity contribution in [1.29, 1.82) is 0 Å². The Hall–Kier alpha value is -2.04. The lowest BCUT2D eigenvalue weighted by atomic mass is 10.3. The van der Waals surface area contributed by atoms with Crippen molar-refractivity contribution in [3.8, 4) is 0 Å². The van der Waals surface area contributed by atoms with Crippen molar-refractivity contribution < 1.29 is 32.2 Å². The summed E-state index contributed by atoms with van der Waals surface area (Å²) in [6.07, 6.45) is -2.66. The number of carbonyl (C=O) groups is 2. The fourth-order valence-corrected chi connectivity index (χ4v) is 3.15. The third-order valence-electron chi connectivity index (χ3n) is 3.42. The zero-order valence-electron chi connectivity index (χ0n) is 15.7. The van der Waals surface area contributed by atoms with Gasteiger partial charge < -0.3 is 9.47 Å². The van der Waals surface area contributed by atoms with Crippen molar-refractivity contribution in [1.82, 2.24) is 9.55 Å². The van der Waals surface area contributed by atoms with Crippen LogP contribution in [0.25, 0.3) is 0 Å². The zero-order valence-corrected chi connectivity index (χ0v) is 16.5. The summed E-state index contributed by atoms with van der Waals surface area (Å²) in [5.41, 5.74) is -2.01. The Kier molecular flexibility index (Phi) is 10.0. The predicted octanol–water partition coefficient (Wildman–Crippen LogP) is 3.04. The van der Waals surface area contributed by atoms with E-state index < -0.39 is 29.4 Å². The van der Waals surface area contributed by atoms with Crippen LogP contribution in [0.5, 0.6) is 0 Å². The lowest BCUT2D eigenvalue weighted by Crippen LogP contribution is -2.26. The molecule has 158 valence electrons. The van der Waals surface area contributed by atoms with Gasteiger partial charge in [-0.3, -0.25) is 19.0 Å². The molecule has 1 heterocycles. The number of rotatable bonds is 11. The Morgan fingerprint density at radius 2 is 1.64 bits per heavy atom. The first-order valence-corrected chi connectivity index (χ1v) is 9.68. The first-order chi connectivity index (χ1) is 13.1. The van der Waals surface area contributed by atoms with E-state index in [9.17, 15) is 27.6 Å². The number of carbonyl (C=O) groups excluding carboxylic acids is 2. The molecule has 0 aromatic carbocycles. The summed E-state index contributed by atoms with van der Waals surface area (Å²) >= 11 is 1.05. The Morgan fingerprint density at radius 1 is 1.07 bits per heavy atom. The van der Waals surface area contributed by atoms with Crippen LogP contribution in [0.3, 0.4) is 0 Å². The van der Waals surface area contributed by atoms with Crippen molar-refractivity contribution in [3.05, 3.63) is 22.1 Å². The highest BCUT2D eigenvalue weighted by atomic mass is 32.2. The molecule has 1 aromatic rings. The van der Waals surface area contributed by atoms with Crippen molar-refractivity contribution >= 4 is 23.7 Å². The van der Waals surface area contributed by atoms with Crippen LogP contribution >= 0.6 is 11.8 Å². The molecule has 1 rings (SSSR count). The minimum Gasteiger partial charge on any atom is -0.466 e. The molecule has 0 N–H and O–H groups in total. The minimum atomic E-state index is -4.71. The largest absolute Gasteiger partial charge is 0.466 e. The average molecular weight is 424 g/mol. The number of nitrogens with zero attached hydrogens (tertiary/aromatic N) is 2. The van der Waals surface area contributed by atoms with E-state index in [1.54, 1.807) is 0 Å². The molecule has 0 aliphatic carbocycles. The summed E-state index contributed by atoms with van der Waals surface area (Å²) in [5, 5.41) is -0.0141. The van der Waals surface area contributed by atoms with E-state index in [2.05, 4.69) is 4.98 Å². The van der Waals surface area contributed by atoms with Gasteiger partial charge in [0.25, 0.3) is 5.56 Å². The van der Waals surface area contributed by atoms with Crippen LogP contribution in [-0.4, -0.2) is 40.5 Å². The Balaban J connectivity index is 2.75. The molecule has 0 fully saturated rings. The molecule has 0 aliphatic rings. The first kappa shape index (κ1) is 24.0. The van der Waals surface area contributed by atoms with E-state index in [1.165, 1.54) is 18.4 Å². The average Bonchev–Trinajstić information content (AvgIpc) is 2.57. The summed E-state index contributed by atoms with van der Waals surface area (Å²) in [7, 11) is 0. The quantitative estimate of drug-likeness (QED) is 0.234. The SMILES string of the molecule is CC(=O)OCCCCSc1nc(C(F)(F)F)cc(=O)n1CCCCOC(C)=O. The number of hydrogen-bond donors (Lipinski definition) is 0. The van der Waals surface area contributed by atoms with Crippen LogP contribution in [0.2, 0.25) is 0 Å². The summed E-state index contributed by atoms with van der Waals surface area (Å²) in [6, 6.07) is 0.483. The van der Waals surface area contributed by atoms with Gasteiger partial charge in [0.2, 0.25) is 0 Å². The Bertz CT molecular complexity index is 722. The summed E-state index contributed by atoms with van der Waals surface area (Å²) in [6.45, 7) is 3.15. The van der Waals surface area contributed by atoms with E-state index in [0.29, 0.717) is 37.5 Å². The van der Waals surface area contributed by atoms with Crippen molar-refractivity contribution in [2.45, 2.75) is 57.4 Å². The van der Waals surface area contributed by atoms with E-state index in [0.717, 1.165) is 11.8 Å². The van der Waals surface area contributed by atoms with Gasteiger partial charge in [-0.25, -0.2) is 4.98 Å². The van der Waals surface area contributed by atoms with Crippen LogP contribution < -0.4 is 5.56 Å². The number of hydrogen-bond acceptors (Lipinski definition) is 7. The number of aromatic nitrogens is 2. The van der Waals surface area contributed by atoms with Gasteiger partial charge in [0, 0.05) is 32.2 Å². The van der Waals surface area contributed by atoms with E-state index in [1.807, 2.05) is 0 Å². The third-order valence-corrected chi connectivity index (χ3v) is 4.48. The van der Waals surface area contributed by atoms with Crippen LogP contribution in [0.15, 0.2) is 16.0 Å². The highest BCUT2D eigenvalue weighted by Crippen LogP contribution is 2.28. The molecule has 0 saturated carbocycles. The molecular formula is C17H23F3N2O5S. The van der Waals surface area contributed by atoms with Gasteiger partial charge >= 0.3 is 18.1 Å². The second-order valence-corrected chi connectivity index (χ2v) is 6.92. The fraction of sp³-hybridized carbons (Fsp3) is 0.647. The zero-order chi connectivity index (χ0) is 21.2. The van der Waals surface area contributed by atoms with Gasteiger partial charge in [-0.15, -0.1) is 0 Å². The molecule has 11 heteroatoms. The van der Waals surface area contributed by atoms with Gasteiger partial charge in [0.1, 0.15) is 0 Å². The maximum atomic E-state index is 13.0. The van der Waals surface area contributed by atoms with Crippen LogP contribution in [-0.2, 0) is 31.8 Å². The van der Waals surface area contributed by atoms with Gasteiger partial charge in [-0.1, -0.05) is 11.8 Å². The topological polar surface area (TPSA) is 87.5 Å². The second-order valence-electron chi connectivity index (χ2n) is 5.85. The predicted molar refractivity (Wildman–Crippen MR) is 96.0 cm³/mol. The minimum absolute atomic E-state index is 0.0141. The molecule has 0 bridgehead atoms. The molecule has 1 aromatic heterocycles. The summed E-state index contributed by atoms with van der Waals surface area (Å²) < 4.78 is 49.6. The van der Waals surface area contributed by atoms with E-state index in [4.69, 9.17) is 9.47 Å². The molecule has 28 heavy (non-hydrogen) atoms. The second kappa shape index (κ2) is 11.7. The Morgan fingerprint density at radius 3 is 2.18 bits per heavy atom. The highest BCUT2D eigenvalue weighted by Gasteiger charge is 2.34. The number of unbranched alkanes of at least 4 members (excludes halogenated alkanes) is 2. The monoisotopic (exact) mass is 424 g/mol. The summed E-state index contributed by atoms with van der Waals surface area (Å²) in [4.78, 5) is 37.2. The van der Waals surface area contributed by atoms with E-state index in [-0.39, 0.29) is 24.9 Å². The normalized spacial score (nSPS) is 11.3. The van der Waals surface area contributed by atoms with Gasteiger partial charge in [0.05, 0.1) is 13.2 Å². The lowest BCUT2D eigenvalue weighted by Gasteiger charge is -2.14. The molecule has 0 atom stereocenters. The van der Waals surface area contributed by atoms with Crippen molar-refractivity contribution in [3.63, 3.8) is 0 Å². The van der Waals surface area contributed by atoms with Gasteiger partial charge in [-0.2, -0.15) is 13.2 Å². The molecular weight excluding hydrogens is 401 g/mol. The first-order valence-electron chi connectivity index (χ1n) is 8.70. The Labute approximate surface area is 164 Å². The molecule has 0 spiro atoms. The summed E-state index contributed by atoms with van der Waals surface area (Å²) in [5.74, 6) is -0.393. The smallest absolute Gasteiger partial charge is 0.433 e. The number of esters is 2. The van der Waals surface area contributed by atoms with Crippen LogP contribution in [0.4, 0.5) is 13.2 Å². The number of thioether (sulfide) groups is 1.